The van der Waals surface area contributed by atoms with Crippen molar-refractivity contribution in [3.63, 3.8) is 0 Å². The van der Waals surface area contributed by atoms with Gasteiger partial charge in [0.05, 0.1) is 5.69 Å². The Balaban J connectivity index is 2.17. The number of fused-ring (bicyclic) bond motifs is 1. The lowest BCUT2D eigenvalue weighted by molar-refractivity contribution is 0.139. The molecule has 0 saturated heterocycles. The van der Waals surface area contributed by atoms with Gasteiger partial charge in [-0.15, -0.1) is 0 Å². The van der Waals surface area contributed by atoms with E-state index < -0.39 is 0 Å². The third kappa shape index (κ3) is 1.88. The largest absolute Gasteiger partial charge is 0.487 e. The Hall–Kier alpha value is -1.49. The minimum Gasteiger partial charge on any atom is -0.487 e. The van der Waals surface area contributed by atoms with Crippen molar-refractivity contribution in [3.05, 3.63) is 28.2 Å². The number of anilines is 1. The van der Waals surface area contributed by atoms with E-state index in [1.165, 1.54) is 5.56 Å². The molecule has 18 heavy (non-hydrogen) atoms. The summed E-state index contributed by atoms with van der Waals surface area (Å²) >= 11 is 3.54. The molecule has 5 heteroatoms. The van der Waals surface area contributed by atoms with Crippen LogP contribution in [0.15, 0.2) is 22.7 Å². The van der Waals surface area contributed by atoms with Crippen LogP contribution in [0.25, 0.3) is 11.3 Å². The zero-order chi connectivity index (χ0) is 12.9. The number of rotatable bonds is 1. The van der Waals surface area contributed by atoms with Crippen LogP contribution in [0, 0.1) is 0 Å². The zero-order valence-electron chi connectivity index (χ0n) is 10.2. The van der Waals surface area contributed by atoms with Gasteiger partial charge in [0.1, 0.15) is 17.2 Å². The molecule has 0 unspecified atom stereocenters. The number of hydrogen-bond donors (Lipinski definition) is 2. The molecule has 2 heterocycles. The smallest absolute Gasteiger partial charge is 0.145 e. The van der Waals surface area contributed by atoms with Gasteiger partial charge in [-0.3, -0.25) is 5.10 Å². The van der Waals surface area contributed by atoms with Crippen LogP contribution in [-0.4, -0.2) is 15.8 Å². The van der Waals surface area contributed by atoms with Gasteiger partial charge >= 0.3 is 0 Å². The maximum atomic E-state index is 6.03. The number of nitrogens with two attached hydrogens (primary N) is 1. The van der Waals surface area contributed by atoms with Crippen LogP contribution < -0.4 is 10.5 Å². The Morgan fingerprint density at radius 3 is 2.83 bits per heavy atom. The molecule has 0 saturated carbocycles. The number of nitrogens with one attached hydrogen (secondary N) is 1. The molecule has 1 aromatic heterocycles. The lowest BCUT2D eigenvalue weighted by atomic mass is 10.00. The minimum absolute atomic E-state index is 0.163. The van der Waals surface area contributed by atoms with Gasteiger partial charge < -0.3 is 10.5 Å². The number of halogens is 1. The van der Waals surface area contributed by atoms with E-state index in [0.29, 0.717) is 5.82 Å². The summed E-state index contributed by atoms with van der Waals surface area (Å²) in [6.45, 7) is 4.18. The third-order valence-electron chi connectivity index (χ3n) is 3.01. The lowest BCUT2D eigenvalue weighted by Crippen LogP contribution is -2.24. The molecule has 0 fully saturated rings. The van der Waals surface area contributed by atoms with E-state index in [4.69, 9.17) is 10.5 Å². The summed E-state index contributed by atoms with van der Waals surface area (Å²) in [5.74, 6) is 1.41. The van der Waals surface area contributed by atoms with E-state index in [0.717, 1.165) is 27.9 Å². The maximum Gasteiger partial charge on any atom is 0.145 e. The quantitative estimate of drug-likeness (QED) is 0.850. The fraction of sp³-hybridized carbons (Fsp3) is 0.308. The summed E-state index contributed by atoms with van der Waals surface area (Å²) in [5.41, 5.74) is 8.57. The van der Waals surface area contributed by atoms with Gasteiger partial charge in [0.15, 0.2) is 0 Å². The molecule has 0 spiro atoms. The number of hydrogen-bond acceptors (Lipinski definition) is 3. The van der Waals surface area contributed by atoms with E-state index in [1.807, 2.05) is 12.1 Å². The Kier molecular flexibility index (Phi) is 2.41. The molecule has 0 amide bonds. The Morgan fingerprint density at radius 1 is 1.39 bits per heavy atom. The van der Waals surface area contributed by atoms with Crippen molar-refractivity contribution < 1.29 is 4.74 Å². The van der Waals surface area contributed by atoms with Crippen LogP contribution in [0.3, 0.4) is 0 Å². The molecule has 1 aliphatic heterocycles. The minimum atomic E-state index is -0.163. The van der Waals surface area contributed by atoms with Crippen molar-refractivity contribution in [1.29, 1.82) is 0 Å². The second-order valence-electron chi connectivity index (χ2n) is 5.19. The van der Waals surface area contributed by atoms with E-state index in [-0.39, 0.29) is 5.60 Å². The predicted molar refractivity (Wildman–Crippen MR) is 74.5 cm³/mol. The van der Waals surface area contributed by atoms with Crippen molar-refractivity contribution in [3.8, 4) is 17.0 Å². The summed E-state index contributed by atoms with van der Waals surface area (Å²) in [4.78, 5) is 0. The van der Waals surface area contributed by atoms with Crippen LogP contribution in [-0.2, 0) is 6.42 Å². The van der Waals surface area contributed by atoms with Crippen LogP contribution in [0.1, 0.15) is 19.4 Å². The van der Waals surface area contributed by atoms with Crippen molar-refractivity contribution in [2.45, 2.75) is 25.9 Å². The highest BCUT2D eigenvalue weighted by Gasteiger charge is 2.32. The molecule has 0 bridgehead atoms. The number of ether oxygens (including phenoxy) is 1. The summed E-state index contributed by atoms with van der Waals surface area (Å²) in [6, 6.07) is 5.94. The Bertz CT molecular complexity index is 619. The van der Waals surface area contributed by atoms with E-state index in [9.17, 15) is 0 Å². The van der Waals surface area contributed by atoms with Gasteiger partial charge in [-0.2, -0.15) is 5.10 Å². The van der Waals surface area contributed by atoms with Crippen molar-refractivity contribution in [2.75, 3.05) is 5.73 Å². The highest BCUT2D eigenvalue weighted by Crippen LogP contribution is 2.43. The molecule has 94 valence electrons. The first-order chi connectivity index (χ1) is 8.44. The molecule has 1 aliphatic rings. The lowest BCUT2D eigenvalue weighted by Gasteiger charge is -2.18. The molecule has 4 nitrogen and oxygen atoms in total. The second kappa shape index (κ2) is 3.75. The summed E-state index contributed by atoms with van der Waals surface area (Å²) in [6.07, 6.45) is 0.901. The molecular formula is C13H14BrN3O. The maximum absolute atomic E-state index is 6.03. The molecule has 3 rings (SSSR count). The molecular weight excluding hydrogens is 294 g/mol. The van der Waals surface area contributed by atoms with Crippen molar-refractivity contribution in [1.82, 2.24) is 10.2 Å². The van der Waals surface area contributed by atoms with Crippen LogP contribution in [0.5, 0.6) is 5.75 Å². The van der Waals surface area contributed by atoms with Crippen molar-refractivity contribution >= 4 is 21.7 Å². The highest BCUT2D eigenvalue weighted by molar-refractivity contribution is 9.10. The summed E-state index contributed by atoms with van der Waals surface area (Å²) < 4.78 is 7.07. The number of nitrogen functional groups attached to an aromatic ring is 1. The first-order valence-corrected chi connectivity index (χ1v) is 6.57. The first-order valence-electron chi connectivity index (χ1n) is 5.77. The average molecular weight is 308 g/mol. The van der Waals surface area contributed by atoms with E-state index in [2.05, 4.69) is 46.0 Å². The molecule has 0 aliphatic carbocycles. The number of benzene rings is 1. The van der Waals surface area contributed by atoms with Crippen molar-refractivity contribution in [2.24, 2.45) is 0 Å². The van der Waals surface area contributed by atoms with Crippen LogP contribution >= 0.6 is 15.9 Å². The predicted octanol–water partition coefficient (Wildman–Crippen LogP) is 3.13. The highest BCUT2D eigenvalue weighted by atomic mass is 79.9. The fourth-order valence-electron chi connectivity index (χ4n) is 2.35. The topological polar surface area (TPSA) is 63.9 Å². The van der Waals surface area contributed by atoms with Crippen LogP contribution in [0.2, 0.25) is 0 Å². The van der Waals surface area contributed by atoms with Gasteiger partial charge in [0, 0.05) is 22.5 Å². The fourth-order valence-corrected chi connectivity index (χ4v) is 2.85. The molecule has 0 atom stereocenters. The standard InChI is InChI=1S/C13H14BrN3O/c1-13(2)6-7-3-8(14)4-9(12(7)18-13)10-5-11(15)17-16-10/h3-5H,6H2,1-2H3,(H3,15,16,17). The first kappa shape index (κ1) is 11.6. The average Bonchev–Trinajstić information content (AvgIpc) is 2.79. The summed E-state index contributed by atoms with van der Waals surface area (Å²) in [7, 11) is 0. The van der Waals surface area contributed by atoms with Gasteiger partial charge in [0.2, 0.25) is 0 Å². The number of H-pyrrole nitrogens is 1. The van der Waals surface area contributed by atoms with Gasteiger partial charge in [-0.25, -0.2) is 0 Å². The van der Waals surface area contributed by atoms with Gasteiger partial charge in [0.25, 0.3) is 0 Å². The third-order valence-corrected chi connectivity index (χ3v) is 3.47. The van der Waals surface area contributed by atoms with Crippen LogP contribution in [0.4, 0.5) is 5.82 Å². The van der Waals surface area contributed by atoms with E-state index >= 15 is 0 Å². The second-order valence-corrected chi connectivity index (χ2v) is 6.10. The molecule has 0 radical (unpaired) electrons. The SMILES string of the molecule is CC1(C)Cc2cc(Br)cc(-c3cc(N)n[nH]3)c2O1. The number of aromatic nitrogens is 2. The zero-order valence-corrected chi connectivity index (χ0v) is 11.8. The number of aromatic amines is 1. The number of nitrogens with zero attached hydrogens (tertiary/aromatic N) is 1. The molecule has 3 N–H and O–H groups in total. The van der Waals surface area contributed by atoms with Gasteiger partial charge in [-0.05, 0) is 31.5 Å². The monoisotopic (exact) mass is 307 g/mol. The Labute approximate surface area is 114 Å². The molecule has 1 aromatic carbocycles. The van der Waals surface area contributed by atoms with E-state index in [1.54, 1.807) is 0 Å². The Morgan fingerprint density at radius 2 is 2.17 bits per heavy atom. The van der Waals surface area contributed by atoms with Gasteiger partial charge in [-0.1, -0.05) is 15.9 Å². The molecule has 2 aromatic rings. The summed E-state index contributed by atoms with van der Waals surface area (Å²) in [5, 5.41) is 6.90. The normalized spacial score (nSPS) is 16.4.